The highest BCUT2D eigenvalue weighted by atomic mass is 32.2. The zero-order chi connectivity index (χ0) is 20.6. The third-order valence-corrected chi connectivity index (χ3v) is 6.08. The van der Waals surface area contributed by atoms with Crippen molar-refractivity contribution >= 4 is 17.7 Å². The molecule has 152 valence electrons. The average molecular weight is 409 g/mol. The molecule has 0 aliphatic heterocycles. The number of benzene rings is 2. The number of amides is 1. The van der Waals surface area contributed by atoms with Crippen LogP contribution in [0.15, 0.2) is 65.8 Å². The first-order valence-electron chi connectivity index (χ1n) is 10.1. The van der Waals surface area contributed by atoms with Crippen molar-refractivity contribution in [3.8, 4) is 11.4 Å². The largest absolute Gasteiger partial charge is 0.355 e. The molecule has 1 amide bonds. The molecule has 1 aromatic heterocycles. The second-order valence-corrected chi connectivity index (χ2v) is 8.25. The van der Waals surface area contributed by atoms with E-state index < -0.39 is 0 Å². The maximum Gasteiger partial charge on any atom is 0.233 e. The number of carbonyl (C=O) groups is 1. The van der Waals surface area contributed by atoms with Gasteiger partial charge in [-0.2, -0.15) is 0 Å². The van der Waals surface area contributed by atoms with Crippen LogP contribution in [0, 0.1) is 0 Å². The van der Waals surface area contributed by atoms with E-state index in [1.165, 1.54) is 17.3 Å². The Balaban J connectivity index is 1.63. The number of carbonyl (C=O) groups excluding carboxylic acids is 1. The van der Waals surface area contributed by atoms with E-state index in [0.717, 1.165) is 29.5 Å². The molecule has 1 N–H and O–H groups in total. The number of hydrogen-bond donors (Lipinski definition) is 1. The number of hydrogen-bond acceptors (Lipinski definition) is 4. The maximum absolute atomic E-state index is 12.7. The Labute approximate surface area is 176 Å². The molecule has 1 heterocycles. The van der Waals surface area contributed by atoms with Gasteiger partial charge in [0, 0.05) is 24.6 Å². The predicted molar refractivity (Wildman–Crippen MR) is 119 cm³/mol. The quantitative estimate of drug-likeness (QED) is 0.519. The minimum Gasteiger partial charge on any atom is -0.355 e. The summed E-state index contributed by atoms with van der Waals surface area (Å²) < 4.78 is 2.06. The Bertz CT molecular complexity index is 911. The van der Waals surface area contributed by atoms with Crippen molar-refractivity contribution in [2.45, 2.75) is 50.1 Å². The molecule has 2 atom stereocenters. The van der Waals surface area contributed by atoms with Crippen molar-refractivity contribution in [2.24, 2.45) is 0 Å². The summed E-state index contributed by atoms with van der Waals surface area (Å²) in [6.07, 6.45) is 0.983. The van der Waals surface area contributed by atoms with Crippen LogP contribution in [0.4, 0.5) is 0 Å². The van der Waals surface area contributed by atoms with E-state index in [0.29, 0.717) is 12.5 Å². The molecule has 0 spiro atoms. The highest BCUT2D eigenvalue weighted by Crippen LogP contribution is 2.27. The van der Waals surface area contributed by atoms with Gasteiger partial charge in [0.15, 0.2) is 11.0 Å². The Morgan fingerprint density at radius 2 is 1.69 bits per heavy atom. The van der Waals surface area contributed by atoms with Crippen molar-refractivity contribution in [1.29, 1.82) is 0 Å². The summed E-state index contributed by atoms with van der Waals surface area (Å²) in [5.74, 6) is 1.18. The van der Waals surface area contributed by atoms with Crippen LogP contribution in [0.5, 0.6) is 0 Å². The van der Waals surface area contributed by atoms with Crippen molar-refractivity contribution in [2.75, 3.05) is 6.54 Å². The molecule has 0 bridgehead atoms. The molecule has 0 aliphatic carbocycles. The van der Waals surface area contributed by atoms with Gasteiger partial charge in [0.25, 0.3) is 0 Å². The summed E-state index contributed by atoms with van der Waals surface area (Å²) in [5, 5.41) is 12.3. The molecule has 0 saturated carbocycles. The van der Waals surface area contributed by atoms with E-state index in [1.54, 1.807) is 0 Å². The van der Waals surface area contributed by atoms with Crippen LogP contribution in [0.3, 0.4) is 0 Å². The van der Waals surface area contributed by atoms with Gasteiger partial charge in [-0.05, 0) is 25.8 Å². The molecule has 2 aromatic carbocycles. The zero-order valence-electron chi connectivity index (χ0n) is 17.2. The third kappa shape index (κ3) is 5.26. The van der Waals surface area contributed by atoms with Crippen LogP contribution in [-0.2, 0) is 11.3 Å². The number of nitrogens with one attached hydrogen (secondary N) is 1. The molecule has 5 nitrogen and oxygen atoms in total. The average Bonchev–Trinajstić information content (AvgIpc) is 3.17. The molecule has 0 unspecified atom stereocenters. The van der Waals surface area contributed by atoms with Gasteiger partial charge in [-0.1, -0.05) is 79.3 Å². The van der Waals surface area contributed by atoms with Crippen LogP contribution < -0.4 is 5.32 Å². The molecule has 0 radical (unpaired) electrons. The third-order valence-electron chi connectivity index (χ3n) is 5.00. The van der Waals surface area contributed by atoms with E-state index in [4.69, 9.17) is 0 Å². The number of aromatic nitrogens is 3. The summed E-state index contributed by atoms with van der Waals surface area (Å²) in [4.78, 5) is 12.7. The normalized spacial score (nSPS) is 13.1. The Kier molecular flexibility index (Phi) is 7.47. The highest BCUT2D eigenvalue weighted by molar-refractivity contribution is 8.00. The van der Waals surface area contributed by atoms with Crippen LogP contribution in [0.1, 0.15) is 38.7 Å². The van der Waals surface area contributed by atoms with Crippen LogP contribution in [0.2, 0.25) is 0 Å². The first kappa shape index (κ1) is 21.1. The van der Waals surface area contributed by atoms with E-state index in [9.17, 15) is 4.79 Å². The van der Waals surface area contributed by atoms with Crippen LogP contribution in [0.25, 0.3) is 11.4 Å². The number of nitrogens with zero attached hydrogens (tertiary/aromatic N) is 3. The lowest BCUT2D eigenvalue weighted by molar-refractivity contribution is -0.120. The lowest BCUT2D eigenvalue weighted by Gasteiger charge is -2.18. The van der Waals surface area contributed by atoms with Crippen LogP contribution in [-0.4, -0.2) is 32.5 Å². The van der Waals surface area contributed by atoms with E-state index in [2.05, 4.69) is 46.1 Å². The second-order valence-electron chi connectivity index (χ2n) is 6.94. The molecule has 0 aliphatic rings. The Morgan fingerprint density at radius 1 is 1.03 bits per heavy atom. The fourth-order valence-corrected chi connectivity index (χ4v) is 4.20. The van der Waals surface area contributed by atoms with E-state index in [-0.39, 0.29) is 11.2 Å². The number of thioether (sulfide) groups is 1. The van der Waals surface area contributed by atoms with Gasteiger partial charge in [-0.25, -0.2) is 0 Å². The summed E-state index contributed by atoms with van der Waals surface area (Å²) >= 11 is 1.45. The summed E-state index contributed by atoms with van der Waals surface area (Å²) in [5.41, 5.74) is 2.29. The first-order valence-corrected chi connectivity index (χ1v) is 11.0. The van der Waals surface area contributed by atoms with Crippen molar-refractivity contribution in [3.63, 3.8) is 0 Å². The van der Waals surface area contributed by atoms with Gasteiger partial charge in [-0.3, -0.25) is 4.79 Å². The lowest BCUT2D eigenvalue weighted by atomic mass is 9.96. The lowest BCUT2D eigenvalue weighted by Crippen LogP contribution is -2.34. The van der Waals surface area contributed by atoms with E-state index >= 15 is 0 Å². The summed E-state index contributed by atoms with van der Waals surface area (Å²) in [6.45, 7) is 7.52. The SMILES string of the molecule is CC[C@H](CNC(=O)[C@H](C)Sc1nnc(-c2ccccc2)n1CC)c1ccccc1. The van der Waals surface area contributed by atoms with Gasteiger partial charge in [0.2, 0.25) is 5.91 Å². The molecular formula is C23H28N4OS. The fraction of sp³-hybridized carbons (Fsp3) is 0.348. The van der Waals surface area contributed by atoms with Gasteiger partial charge in [0.1, 0.15) is 0 Å². The van der Waals surface area contributed by atoms with Gasteiger partial charge >= 0.3 is 0 Å². The smallest absolute Gasteiger partial charge is 0.233 e. The second kappa shape index (κ2) is 10.3. The van der Waals surface area contributed by atoms with Crippen LogP contribution >= 0.6 is 11.8 Å². The first-order chi connectivity index (χ1) is 14.1. The molecule has 0 saturated heterocycles. The van der Waals surface area contributed by atoms with Gasteiger partial charge < -0.3 is 9.88 Å². The summed E-state index contributed by atoms with van der Waals surface area (Å²) in [6, 6.07) is 20.3. The monoisotopic (exact) mass is 408 g/mol. The van der Waals surface area contributed by atoms with Gasteiger partial charge in [-0.15, -0.1) is 10.2 Å². The van der Waals surface area contributed by atoms with Gasteiger partial charge in [0.05, 0.1) is 5.25 Å². The van der Waals surface area contributed by atoms with Crippen molar-refractivity contribution in [1.82, 2.24) is 20.1 Å². The standard InChI is InChI=1S/C23H28N4OS/c1-4-18(19-12-8-6-9-13-19)16-24-22(28)17(3)29-23-26-25-21(27(23)5-2)20-14-10-7-11-15-20/h6-15,17-18H,4-5,16H2,1-3H3,(H,24,28)/t17-,18+/m0/s1. The molecule has 3 rings (SSSR count). The molecule has 3 aromatic rings. The minimum atomic E-state index is -0.249. The topological polar surface area (TPSA) is 59.8 Å². The molecular weight excluding hydrogens is 380 g/mol. The van der Waals surface area contributed by atoms with Crippen molar-refractivity contribution in [3.05, 3.63) is 66.2 Å². The Morgan fingerprint density at radius 3 is 2.31 bits per heavy atom. The molecule has 0 fully saturated rings. The van der Waals surface area contributed by atoms with E-state index in [1.807, 2.05) is 55.5 Å². The predicted octanol–water partition coefficient (Wildman–Crippen LogP) is 4.76. The molecule has 6 heteroatoms. The molecule has 29 heavy (non-hydrogen) atoms. The zero-order valence-corrected chi connectivity index (χ0v) is 18.0. The Hall–Kier alpha value is -2.60. The minimum absolute atomic E-state index is 0.0243. The maximum atomic E-state index is 12.7. The number of rotatable bonds is 9. The summed E-state index contributed by atoms with van der Waals surface area (Å²) in [7, 11) is 0. The highest BCUT2D eigenvalue weighted by Gasteiger charge is 2.21. The fourth-order valence-electron chi connectivity index (χ4n) is 3.26. The van der Waals surface area contributed by atoms with Crippen molar-refractivity contribution < 1.29 is 4.79 Å².